The van der Waals surface area contributed by atoms with Gasteiger partial charge in [-0.15, -0.1) is 0 Å². The minimum absolute atomic E-state index is 0.195. The number of furan rings is 2. The van der Waals surface area contributed by atoms with Gasteiger partial charge in [-0.25, -0.2) is 0 Å². The van der Waals surface area contributed by atoms with Gasteiger partial charge in [-0.3, -0.25) is 9.48 Å². The van der Waals surface area contributed by atoms with Gasteiger partial charge in [-0.2, -0.15) is 5.10 Å². The zero-order valence-electron chi connectivity index (χ0n) is 10.6. The number of carbonyl (C=O) groups is 1. The van der Waals surface area contributed by atoms with E-state index < -0.39 is 0 Å². The number of hydrogen-bond donors (Lipinski definition) is 1. The molecule has 0 saturated heterocycles. The minimum atomic E-state index is -0.265. The third-order valence-corrected chi connectivity index (χ3v) is 2.92. The highest BCUT2D eigenvalue weighted by Gasteiger charge is 2.19. The van der Waals surface area contributed by atoms with E-state index in [0.717, 1.165) is 5.76 Å². The fourth-order valence-electron chi connectivity index (χ4n) is 1.95. The first-order valence-electron chi connectivity index (χ1n) is 6.19. The van der Waals surface area contributed by atoms with Gasteiger partial charge in [0.2, 0.25) is 0 Å². The summed E-state index contributed by atoms with van der Waals surface area (Å²) in [6.45, 7) is 0.356. The van der Waals surface area contributed by atoms with Crippen LogP contribution >= 0.6 is 0 Å². The van der Waals surface area contributed by atoms with Gasteiger partial charge >= 0.3 is 0 Å². The van der Waals surface area contributed by atoms with Crippen molar-refractivity contribution in [1.29, 1.82) is 0 Å². The van der Waals surface area contributed by atoms with Crippen molar-refractivity contribution in [3.05, 3.63) is 66.8 Å². The fourth-order valence-corrected chi connectivity index (χ4v) is 1.95. The molecule has 1 unspecified atom stereocenters. The summed E-state index contributed by atoms with van der Waals surface area (Å²) in [5, 5.41) is 7.00. The first-order chi connectivity index (χ1) is 9.84. The first kappa shape index (κ1) is 12.3. The maximum absolute atomic E-state index is 11.9. The predicted octanol–water partition coefficient (Wildman–Crippen LogP) is 2.09. The summed E-state index contributed by atoms with van der Waals surface area (Å²) in [7, 11) is 0. The molecule has 0 spiro atoms. The maximum atomic E-state index is 11.9. The van der Waals surface area contributed by atoms with Crippen LogP contribution in [0.4, 0.5) is 0 Å². The van der Waals surface area contributed by atoms with Crippen LogP contribution in [0.1, 0.15) is 22.4 Å². The quantitative estimate of drug-likeness (QED) is 0.771. The van der Waals surface area contributed by atoms with E-state index in [9.17, 15) is 4.79 Å². The zero-order chi connectivity index (χ0) is 13.8. The molecule has 6 heteroatoms. The number of aromatic nitrogens is 2. The van der Waals surface area contributed by atoms with Crippen molar-refractivity contribution < 1.29 is 13.6 Å². The molecule has 3 aromatic rings. The molecule has 0 aliphatic heterocycles. The number of amides is 1. The van der Waals surface area contributed by atoms with E-state index >= 15 is 0 Å². The lowest BCUT2D eigenvalue weighted by molar-refractivity contribution is 0.0920. The highest BCUT2D eigenvalue weighted by molar-refractivity contribution is 5.91. The van der Waals surface area contributed by atoms with Gasteiger partial charge in [-0.05, 0) is 30.3 Å². The summed E-state index contributed by atoms with van der Waals surface area (Å²) in [5.74, 6) is 0.746. The Morgan fingerprint density at radius 3 is 2.75 bits per heavy atom. The molecule has 0 aliphatic carbocycles. The molecule has 3 heterocycles. The molecule has 0 aliphatic rings. The lowest BCUT2D eigenvalue weighted by Crippen LogP contribution is -2.31. The van der Waals surface area contributed by atoms with Crippen LogP contribution in [0.3, 0.4) is 0 Å². The van der Waals surface area contributed by atoms with Gasteiger partial charge in [0.05, 0.1) is 12.5 Å². The van der Waals surface area contributed by atoms with Gasteiger partial charge in [0.15, 0.2) is 5.76 Å². The van der Waals surface area contributed by atoms with Crippen LogP contribution in [0, 0.1) is 0 Å². The second-order valence-electron chi connectivity index (χ2n) is 4.20. The van der Waals surface area contributed by atoms with Gasteiger partial charge in [-0.1, -0.05) is 0 Å². The van der Waals surface area contributed by atoms with Crippen molar-refractivity contribution in [2.45, 2.75) is 6.04 Å². The second kappa shape index (κ2) is 5.48. The molecular formula is C14H13N3O3. The number of carbonyl (C=O) groups excluding carboxylic acids is 1. The molecular weight excluding hydrogens is 258 g/mol. The average Bonchev–Trinajstić information content (AvgIpc) is 3.22. The summed E-state index contributed by atoms with van der Waals surface area (Å²) >= 11 is 0. The Hall–Kier alpha value is -2.76. The van der Waals surface area contributed by atoms with Crippen LogP contribution in [0.5, 0.6) is 0 Å². The van der Waals surface area contributed by atoms with E-state index in [-0.39, 0.29) is 17.7 Å². The molecule has 0 saturated carbocycles. The molecule has 1 atom stereocenters. The molecule has 102 valence electrons. The lowest BCUT2D eigenvalue weighted by atomic mass is 10.2. The summed E-state index contributed by atoms with van der Waals surface area (Å²) < 4.78 is 12.2. The molecule has 3 rings (SSSR count). The van der Waals surface area contributed by atoms with Crippen LogP contribution in [0.25, 0.3) is 0 Å². The van der Waals surface area contributed by atoms with Crippen molar-refractivity contribution in [3.8, 4) is 0 Å². The smallest absolute Gasteiger partial charge is 0.287 e. The summed E-state index contributed by atoms with van der Waals surface area (Å²) in [6, 6.07) is 8.58. The minimum Gasteiger partial charge on any atom is -0.467 e. The summed E-state index contributed by atoms with van der Waals surface area (Å²) in [4.78, 5) is 11.9. The van der Waals surface area contributed by atoms with Crippen LogP contribution < -0.4 is 5.32 Å². The van der Waals surface area contributed by atoms with Crippen molar-refractivity contribution in [3.63, 3.8) is 0 Å². The Kier molecular flexibility index (Phi) is 3.36. The molecule has 0 fully saturated rings. The molecule has 0 bridgehead atoms. The normalized spacial score (nSPS) is 12.2. The van der Waals surface area contributed by atoms with E-state index in [0.29, 0.717) is 6.54 Å². The number of rotatable bonds is 5. The van der Waals surface area contributed by atoms with Crippen molar-refractivity contribution in [2.24, 2.45) is 0 Å². The third-order valence-electron chi connectivity index (χ3n) is 2.92. The highest BCUT2D eigenvalue weighted by Crippen LogP contribution is 2.17. The Balaban J connectivity index is 1.73. The molecule has 1 N–H and O–H groups in total. The third kappa shape index (κ3) is 2.49. The lowest BCUT2D eigenvalue weighted by Gasteiger charge is -2.15. The van der Waals surface area contributed by atoms with Gasteiger partial charge in [0.1, 0.15) is 11.8 Å². The van der Waals surface area contributed by atoms with E-state index in [1.54, 1.807) is 35.3 Å². The predicted molar refractivity (Wildman–Crippen MR) is 70.1 cm³/mol. The number of nitrogens with one attached hydrogen (secondary N) is 1. The monoisotopic (exact) mass is 271 g/mol. The summed E-state index contributed by atoms with van der Waals surface area (Å²) in [5.41, 5.74) is 0. The van der Waals surface area contributed by atoms with E-state index in [4.69, 9.17) is 8.83 Å². The van der Waals surface area contributed by atoms with Gasteiger partial charge in [0, 0.05) is 18.9 Å². The Morgan fingerprint density at radius 1 is 1.25 bits per heavy atom. The largest absolute Gasteiger partial charge is 0.467 e. The fraction of sp³-hybridized carbons (Fsp3) is 0.143. The molecule has 6 nitrogen and oxygen atoms in total. The average molecular weight is 271 g/mol. The van der Waals surface area contributed by atoms with Gasteiger partial charge < -0.3 is 14.2 Å². The molecule has 1 amide bonds. The van der Waals surface area contributed by atoms with E-state index in [1.165, 1.54) is 6.26 Å². The SMILES string of the molecule is O=C(NCC(c1ccco1)n1cccn1)c1ccco1. The van der Waals surface area contributed by atoms with E-state index in [2.05, 4.69) is 10.4 Å². The van der Waals surface area contributed by atoms with Gasteiger partial charge in [0.25, 0.3) is 5.91 Å². The van der Waals surface area contributed by atoms with Crippen molar-refractivity contribution in [2.75, 3.05) is 6.54 Å². The standard InChI is InChI=1S/C14H13N3O3/c18-14(13-5-2-9-20-13)15-10-11(12-4-1-8-19-12)17-7-3-6-16-17/h1-9,11H,10H2,(H,15,18). The van der Waals surface area contributed by atoms with Crippen molar-refractivity contribution in [1.82, 2.24) is 15.1 Å². The van der Waals surface area contributed by atoms with Crippen LogP contribution in [0.15, 0.2) is 64.1 Å². The molecule has 20 heavy (non-hydrogen) atoms. The second-order valence-corrected chi connectivity index (χ2v) is 4.20. The summed E-state index contributed by atoms with van der Waals surface area (Å²) in [6.07, 6.45) is 6.57. The molecule has 0 aromatic carbocycles. The first-order valence-corrected chi connectivity index (χ1v) is 6.19. The molecule has 0 radical (unpaired) electrons. The maximum Gasteiger partial charge on any atom is 0.287 e. The Morgan fingerprint density at radius 2 is 2.10 bits per heavy atom. The Bertz CT molecular complexity index is 608. The van der Waals surface area contributed by atoms with Crippen LogP contribution in [-0.2, 0) is 0 Å². The van der Waals surface area contributed by atoms with E-state index in [1.807, 2.05) is 18.3 Å². The number of hydrogen-bond acceptors (Lipinski definition) is 4. The van der Waals surface area contributed by atoms with Crippen LogP contribution in [0.2, 0.25) is 0 Å². The molecule has 3 aromatic heterocycles. The Labute approximate surface area is 115 Å². The van der Waals surface area contributed by atoms with Crippen molar-refractivity contribution >= 4 is 5.91 Å². The number of nitrogens with zero attached hydrogens (tertiary/aromatic N) is 2. The topological polar surface area (TPSA) is 73.2 Å². The highest BCUT2D eigenvalue weighted by atomic mass is 16.3. The van der Waals surface area contributed by atoms with Crippen LogP contribution in [-0.4, -0.2) is 22.2 Å². The zero-order valence-corrected chi connectivity index (χ0v) is 10.6.